The van der Waals surface area contributed by atoms with Crippen molar-refractivity contribution in [2.24, 2.45) is 0 Å². The Balaban J connectivity index is 2.70. The first kappa shape index (κ1) is 14.5. The van der Waals surface area contributed by atoms with E-state index in [2.05, 4.69) is 10.6 Å². The molecule has 0 bridgehead atoms. The highest BCUT2D eigenvalue weighted by Gasteiger charge is 2.33. The molecule has 100 valence electrons. The van der Waals surface area contributed by atoms with Crippen molar-refractivity contribution in [3.63, 3.8) is 0 Å². The number of carbonyl (C=O) groups excluding carboxylic acids is 1. The summed E-state index contributed by atoms with van der Waals surface area (Å²) in [5, 5.41) is 5.15. The lowest BCUT2D eigenvalue weighted by molar-refractivity contribution is -0.137. The van der Waals surface area contributed by atoms with Crippen LogP contribution in [0.5, 0.6) is 0 Å². The van der Waals surface area contributed by atoms with Crippen LogP contribution in [-0.2, 0) is 11.0 Å². The van der Waals surface area contributed by atoms with Gasteiger partial charge in [0.25, 0.3) is 0 Å². The Kier molecular flexibility index (Phi) is 5.15. The van der Waals surface area contributed by atoms with Gasteiger partial charge >= 0.3 is 6.18 Å². The predicted molar refractivity (Wildman–Crippen MR) is 63.2 cm³/mol. The van der Waals surface area contributed by atoms with Gasteiger partial charge in [0.15, 0.2) is 0 Å². The lowest BCUT2D eigenvalue weighted by atomic mass is 10.1. The number of hydrogen-bond donors (Lipinski definition) is 2. The van der Waals surface area contributed by atoms with Crippen molar-refractivity contribution in [1.29, 1.82) is 0 Å². The number of rotatable bonds is 5. The Labute approximate surface area is 103 Å². The SMILES string of the molecule is CNCCCC(=O)Nc1ccccc1C(F)(F)F. The monoisotopic (exact) mass is 260 g/mol. The van der Waals surface area contributed by atoms with Crippen molar-refractivity contribution in [3.8, 4) is 0 Å². The third-order valence-electron chi connectivity index (χ3n) is 2.34. The molecule has 3 nitrogen and oxygen atoms in total. The number of halogens is 3. The molecule has 1 rings (SSSR count). The number of anilines is 1. The van der Waals surface area contributed by atoms with Gasteiger partial charge in [0.2, 0.25) is 5.91 Å². The second-order valence-electron chi connectivity index (χ2n) is 3.80. The van der Waals surface area contributed by atoms with Crippen LogP contribution in [-0.4, -0.2) is 19.5 Å². The van der Waals surface area contributed by atoms with Gasteiger partial charge in [-0.15, -0.1) is 0 Å². The van der Waals surface area contributed by atoms with E-state index in [1.54, 1.807) is 7.05 Å². The molecule has 0 unspecified atom stereocenters. The summed E-state index contributed by atoms with van der Waals surface area (Å²) in [6, 6.07) is 4.94. The first-order valence-corrected chi connectivity index (χ1v) is 5.56. The number of carbonyl (C=O) groups is 1. The third-order valence-corrected chi connectivity index (χ3v) is 2.34. The van der Waals surface area contributed by atoms with Crippen LogP contribution in [0.1, 0.15) is 18.4 Å². The Hall–Kier alpha value is -1.56. The Morgan fingerprint density at radius 3 is 2.56 bits per heavy atom. The molecule has 6 heteroatoms. The molecule has 0 atom stereocenters. The molecule has 1 aromatic carbocycles. The van der Waals surface area contributed by atoms with E-state index in [1.807, 2.05) is 0 Å². The van der Waals surface area contributed by atoms with Gasteiger partial charge in [-0.2, -0.15) is 13.2 Å². The van der Waals surface area contributed by atoms with Gasteiger partial charge in [0.05, 0.1) is 11.3 Å². The van der Waals surface area contributed by atoms with E-state index >= 15 is 0 Å². The summed E-state index contributed by atoms with van der Waals surface area (Å²) < 4.78 is 37.9. The first-order valence-electron chi connectivity index (χ1n) is 5.56. The van der Waals surface area contributed by atoms with Gasteiger partial charge in [-0.1, -0.05) is 12.1 Å². The van der Waals surface area contributed by atoms with Crippen LogP contribution < -0.4 is 10.6 Å². The highest BCUT2D eigenvalue weighted by molar-refractivity contribution is 5.91. The lowest BCUT2D eigenvalue weighted by Crippen LogP contribution is -2.18. The Morgan fingerprint density at radius 1 is 1.28 bits per heavy atom. The molecule has 0 fully saturated rings. The topological polar surface area (TPSA) is 41.1 Å². The number of alkyl halides is 3. The van der Waals surface area contributed by atoms with Gasteiger partial charge in [0.1, 0.15) is 0 Å². The molecule has 0 saturated heterocycles. The zero-order valence-corrected chi connectivity index (χ0v) is 9.97. The molecule has 0 aromatic heterocycles. The summed E-state index contributed by atoms with van der Waals surface area (Å²) >= 11 is 0. The molecule has 0 aliphatic heterocycles. The summed E-state index contributed by atoms with van der Waals surface area (Å²) in [7, 11) is 1.75. The number of benzene rings is 1. The minimum absolute atomic E-state index is 0.188. The van der Waals surface area contributed by atoms with Crippen LogP contribution in [0.2, 0.25) is 0 Å². The summed E-state index contributed by atoms with van der Waals surface area (Å²) in [5.41, 5.74) is -1.02. The quantitative estimate of drug-likeness (QED) is 0.799. The highest BCUT2D eigenvalue weighted by Crippen LogP contribution is 2.34. The normalized spacial score (nSPS) is 11.3. The van der Waals surface area contributed by atoms with Gasteiger partial charge < -0.3 is 10.6 Å². The summed E-state index contributed by atoms with van der Waals surface area (Å²) in [6.07, 6.45) is -3.70. The molecule has 0 radical (unpaired) electrons. The van der Waals surface area contributed by atoms with Gasteiger partial charge in [0, 0.05) is 6.42 Å². The zero-order valence-electron chi connectivity index (χ0n) is 9.97. The minimum Gasteiger partial charge on any atom is -0.326 e. The van der Waals surface area contributed by atoms with E-state index in [0.29, 0.717) is 13.0 Å². The molecule has 0 aliphatic rings. The molecule has 0 saturated carbocycles. The van der Waals surface area contributed by atoms with Crippen LogP contribution in [0.3, 0.4) is 0 Å². The number of hydrogen-bond acceptors (Lipinski definition) is 2. The van der Waals surface area contributed by atoms with Crippen LogP contribution >= 0.6 is 0 Å². The maximum absolute atomic E-state index is 12.6. The van der Waals surface area contributed by atoms with Crippen LogP contribution in [0.4, 0.5) is 18.9 Å². The van der Waals surface area contributed by atoms with Gasteiger partial charge in [-0.25, -0.2) is 0 Å². The molecule has 2 N–H and O–H groups in total. The van der Waals surface area contributed by atoms with Crippen molar-refractivity contribution < 1.29 is 18.0 Å². The van der Waals surface area contributed by atoms with Crippen molar-refractivity contribution in [3.05, 3.63) is 29.8 Å². The van der Waals surface area contributed by atoms with E-state index in [-0.39, 0.29) is 12.1 Å². The van der Waals surface area contributed by atoms with E-state index < -0.39 is 17.6 Å². The minimum atomic E-state index is -4.46. The molecular weight excluding hydrogens is 245 g/mol. The maximum Gasteiger partial charge on any atom is 0.418 e. The second-order valence-corrected chi connectivity index (χ2v) is 3.80. The number of nitrogens with one attached hydrogen (secondary N) is 2. The summed E-state index contributed by atoms with van der Waals surface area (Å²) in [6.45, 7) is 0.647. The molecule has 1 amide bonds. The van der Waals surface area contributed by atoms with E-state index in [9.17, 15) is 18.0 Å². The Morgan fingerprint density at radius 2 is 1.94 bits per heavy atom. The van der Waals surface area contributed by atoms with Gasteiger partial charge in [-0.3, -0.25) is 4.79 Å². The highest BCUT2D eigenvalue weighted by atomic mass is 19.4. The number of para-hydroxylation sites is 1. The van der Waals surface area contributed by atoms with E-state index in [4.69, 9.17) is 0 Å². The number of amides is 1. The summed E-state index contributed by atoms with van der Waals surface area (Å²) in [5.74, 6) is -0.415. The molecule has 18 heavy (non-hydrogen) atoms. The molecule has 1 aromatic rings. The standard InChI is InChI=1S/C12H15F3N2O/c1-16-8-4-7-11(18)17-10-6-3-2-5-9(10)12(13,14)15/h2-3,5-6,16H,4,7-8H2,1H3,(H,17,18). The fourth-order valence-corrected chi connectivity index (χ4v) is 1.48. The van der Waals surface area contributed by atoms with Crippen molar-refractivity contribution >= 4 is 11.6 Å². The fourth-order valence-electron chi connectivity index (χ4n) is 1.48. The van der Waals surface area contributed by atoms with Crippen molar-refractivity contribution in [2.75, 3.05) is 18.9 Å². The molecule has 0 spiro atoms. The fraction of sp³-hybridized carbons (Fsp3) is 0.417. The largest absolute Gasteiger partial charge is 0.418 e. The lowest BCUT2D eigenvalue weighted by Gasteiger charge is -2.13. The summed E-state index contributed by atoms with van der Waals surface area (Å²) in [4.78, 5) is 11.5. The zero-order chi connectivity index (χ0) is 13.6. The van der Waals surface area contributed by atoms with Crippen LogP contribution in [0.25, 0.3) is 0 Å². The first-order chi connectivity index (χ1) is 8.45. The van der Waals surface area contributed by atoms with Crippen LogP contribution in [0, 0.1) is 0 Å². The maximum atomic E-state index is 12.6. The smallest absolute Gasteiger partial charge is 0.326 e. The second kappa shape index (κ2) is 6.39. The average Bonchev–Trinajstić information content (AvgIpc) is 2.28. The molecule has 0 heterocycles. The Bertz CT molecular complexity index is 405. The van der Waals surface area contributed by atoms with E-state index in [0.717, 1.165) is 6.07 Å². The van der Waals surface area contributed by atoms with Gasteiger partial charge in [-0.05, 0) is 32.1 Å². The average molecular weight is 260 g/mol. The van der Waals surface area contributed by atoms with E-state index in [1.165, 1.54) is 18.2 Å². The van der Waals surface area contributed by atoms with Crippen molar-refractivity contribution in [2.45, 2.75) is 19.0 Å². The predicted octanol–water partition coefficient (Wildman–Crippen LogP) is 2.64. The molecular formula is C12H15F3N2O. The molecule has 0 aliphatic carbocycles. The van der Waals surface area contributed by atoms with Crippen molar-refractivity contribution in [1.82, 2.24) is 5.32 Å². The third kappa shape index (κ3) is 4.37. The van der Waals surface area contributed by atoms with Crippen LogP contribution in [0.15, 0.2) is 24.3 Å².